The lowest BCUT2D eigenvalue weighted by molar-refractivity contribution is -0.136. The molecular formula is C19H17NO2. The van der Waals surface area contributed by atoms with E-state index in [4.69, 9.17) is 5.11 Å². The van der Waals surface area contributed by atoms with Gasteiger partial charge in [0.2, 0.25) is 0 Å². The maximum atomic E-state index is 10.8. The highest BCUT2D eigenvalue weighted by atomic mass is 16.4. The lowest BCUT2D eigenvalue weighted by atomic mass is 10.0. The molecule has 3 heteroatoms. The molecule has 0 unspecified atom stereocenters. The van der Waals surface area contributed by atoms with E-state index in [1.165, 1.54) is 0 Å². The van der Waals surface area contributed by atoms with E-state index in [1.54, 1.807) is 0 Å². The van der Waals surface area contributed by atoms with Crippen LogP contribution in [0.4, 0.5) is 0 Å². The van der Waals surface area contributed by atoms with E-state index in [9.17, 15) is 4.79 Å². The van der Waals surface area contributed by atoms with E-state index < -0.39 is 5.97 Å². The second kappa shape index (κ2) is 6.31. The number of hydrogen-bond donors (Lipinski definition) is 2. The van der Waals surface area contributed by atoms with Gasteiger partial charge in [0.1, 0.15) is 0 Å². The van der Waals surface area contributed by atoms with Crippen molar-refractivity contribution in [2.45, 2.75) is 12.8 Å². The average molecular weight is 291 g/mol. The molecule has 22 heavy (non-hydrogen) atoms. The molecule has 0 aliphatic rings. The van der Waals surface area contributed by atoms with E-state index in [0.29, 0.717) is 6.42 Å². The van der Waals surface area contributed by atoms with Crippen LogP contribution < -0.4 is 0 Å². The molecule has 3 nitrogen and oxygen atoms in total. The molecule has 0 atom stereocenters. The van der Waals surface area contributed by atoms with Gasteiger partial charge in [-0.3, -0.25) is 4.79 Å². The Hall–Kier alpha value is -2.81. The molecule has 3 rings (SSSR count). The standard InChI is InChI=1S/C19H17NO2/c21-18(22)12-11-16-13-17(14-7-3-1-4-8-14)19(20-16)15-9-5-2-6-10-15/h1-10,13,20H,11-12H2,(H,21,22). The Labute approximate surface area is 129 Å². The number of aliphatic carboxylic acids is 1. The first kappa shape index (κ1) is 14.1. The number of benzene rings is 2. The van der Waals surface area contributed by atoms with Gasteiger partial charge in [-0.25, -0.2) is 0 Å². The predicted molar refractivity (Wildman–Crippen MR) is 87.6 cm³/mol. The first-order chi connectivity index (χ1) is 10.7. The van der Waals surface area contributed by atoms with E-state index in [0.717, 1.165) is 28.1 Å². The fraction of sp³-hybridized carbons (Fsp3) is 0.105. The zero-order valence-corrected chi connectivity index (χ0v) is 12.1. The van der Waals surface area contributed by atoms with Crippen molar-refractivity contribution in [2.75, 3.05) is 0 Å². The van der Waals surface area contributed by atoms with Crippen LogP contribution in [0.1, 0.15) is 12.1 Å². The molecule has 0 saturated carbocycles. The number of aryl methyl sites for hydroxylation is 1. The summed E-state index contributed by atoms with van der Waals surface area (Å²) in [4.78, 5) is 14.2. The quantitative estimate of drug-likeness (QED) is 0.733. The molecule has 2 aromatic carbocycles. The molecule has 0 radical (unpaired) electrons. The van der Waals surface area contributed by atoms with Gasteiger partial charge in [-0.2, -0.15) is 0 Å². The Morgan fingerprint density at radius 1 is 0.909 bits per heavy atom. The smallest absolute Gasteiger partial charge is 0.303 e. The summed E-state index contributed by atoms with van der Waals surface area (Å²) in [6.45, 7) is 0. The summed E-state index contributed by atoms with van der Waals surface area (Å²) in [6, 6.07) is 22.3. The van der Waals surface area contributed by atoms with E-state index in [-0.39, 0.29) is 6.42 Å². The molecule has 0 aliphatic carbocycles. The Morgan fingerprint density at radius 3 is 2.09 bits per heavy atom. The monoisotopic (exact) mass is 291 g/mol. The molecule has 0 bridgehead atoms. The van der Waals surface area contributed by atoms with Crippen LogP contribution in [0.5, 0.6) is 0 Å². The molecule has 1 heterocycles. The normalized spacial score (nSPS) is 10.5. The molecule has 1 aromatic heterocycles. The highest BCUT2D eigenvalue weighted by molar-refractivity contribution is 5.82. The van der Waals surface area contributed by atoms with Gasteiger partial charge in [-0.1, -0.05) is 60.7 Å². The van der Waals surface area contributed by atoms with Crippen molar-refractivity contribution in [1.82, 2.24) is 4.98 Å². The summed E-state index contributed by atoms with van der Waals surface area (Å²) < 4.78 is 0. The molecule has 2 N–H and O–H groups in total. The van der Waals surface area contributed by atoms with Crippen LogP contribution in [0.2, 0.25) is 0 Å². The Kier molecular flexibility index (Phi) is 4.05. The fourth-order valence-corrected chi connectivity index (χ4v) is 2.56. The van der Waals surface area contributed by atoms with Gasteiger partial charge in [-0.15, -0.1) is 0 Å². The third-order valence-electron chi connectivity index (χ3n) is 3.63. The Morgan fingerprint density at radius 2 is 1.50 bits per heavy atom. The number of hydrogen-bond acceptors (Lipinski definition) is 1. The van der Waals surface area contributed by atoms with Crippen molar-refractivity contribution < 1.29 is 9.90 Å². The topological polar surface area (TPSA) is 53.1 Å². The number of H-pyrrole nitrogens is 1. The van der Waals surface area contributed by atoms with Crippen LogP contribution in [0.3, 0.4) is 0 Å². The Balaban J connectivity index is 2.04. The number of carboxylic acids is 1. The van der Waals surface area contributed by atoms with Crippen LogP contribution in [0.25, 0.3) is 22.4 Å². The molecular weight excluding hydrogens is 274 g/mol. The van der Waals surface area contributed by atoms with Crippen LogP contribution in [-0.2, 0) is 11.2 Å². The van der Waals surface area contributed by atoms with Crippen molar-refractivity contribution in [2.24, 2.45) is 0 Å². The highest BCUT2D eigenvalue weighted by Crippen LogP contribution is 2.32. The molecule has 0 fully saturated rings. The van der Waals surface area contributed by atoms with Crippen molar-refractivity contribution in [3.05, 3.63) is 72.4 Å². The van der Waals surface area contributed by atoms with Gasteiger partial charge in [0, 0.05) is 11.3 Å². The first-order valence-corrected chi connectivity index (χ1v) is 7.28. The number of carboxylic acid groups (broad SMARTS) is 1. The van der Waals surface area contributed by atoms with Crippen LogP contribution in [0, 0.1) is 0 Å². The second-order valence-corrected chi connectivity index (χ2v) is 5.21. The maximum Gasteiger partial charge on any atom is 0.303 e. The molecule has 110 valence electrons. The van der Waals surface area contributed by atoms with Crippen molar-refractivity contribution >= 4 is 5.97 Å². The van der Waals surface area contributed by atoms with Crippen molar-refractivity contribution in [3.8, 4) is 22.4 Å². The van der Waals surface area contributed by atoms with Gasteiger partial charge >= 0.3 is 5.97 Å². The zero-order chi connectivity index (χ0) is 15.4. The van der Waals surface area contributed by atoms with Crippen molar-refractivity contribution in [3.63, 3.8) is 0 Å². The minimum absolute atomic E-state index is 0.128. The predicted octanol–water partition coefficient (Wildman–Crippen LogP) is 4.37. The second-order valence-electron chi connectivity index (χ2n) is 5.21. The SMILES string of the molecule is O=C(O)CCc1cc(-c2ccccc2)c(-c2ccccc2)[nH]1. The van der Waals surface area contributed by atoms with E-state index in [1.807, 2.05) is 36.4 Å². The minimum Gasteiger partial charge on any atom is -0.481 e. The summed E-state index contributed by atoms with van der Waals surface area (Å²) in [6.07, 6.45) is 0.630. The van der Waals surface area contributed by atoms with Gasteiger partial charge in [-0.05, 0) is 23.6 Å². The van der Waals surface area contributed by atoms with Crippen LogP contribution >= 0.6 is 0 Å². The largest absolute Gasteiger partial charge is 0.481 e. The molecule has 0 aliphatic heterocycles. The minimum atomic E-state index is -0.780. The number of nitrogens with one attached hydrogen (secondary N) is 1. The molecule has 0 amide bonds. The van der Waals surface area contributed by atoms with E-state index in [2.05, 4.69) is 35.3 Å². The number of aromatic nitrogens is 1. The number of rotatable bonds is 5. The molecule has 0 saturated heterocycles. The lowest BCUT2D eigenvalue weighted by Gasteiger charge is -2.04. The van der Waals surface area contributed by atoms with Gasteiger partial charge < -0.3 is 10.1 Å². The summed E-state index contributed by atoms with van der Waals surface area (Å²) in [7, 11) is 0. The zero-order valence-electron chi connectivity index (χ0n) is 12.1. The third-order valence-corrected chi connectivity index (χ3v) is 3.63. The highest BCUT2D eigenvalue weighted by Gasteiger charge is 2.12. The fourth-order valence-electron chi connectivity index (χ4n) is 2.56. The number of aromatic amines is 1. The van der Waals surface area contributed by atoms with Gasteiger partial charge in [0.25, 0.3) is 0 Å². The lowest BCUT2D eigenvalue weighted by Crippen LogP contribution is -1.97. The van der Waals surface area contributed by atoms with Gasteiger partial charge in [0.15, 0.2) is 0 Å². The molecule has 3 aromatic rings. The summed E-state index contributed by atoms with van der Waals surface area (Å²) >= 11 is 0. The Bertz CT molecular complexity index is 704. The van der Waals surface area contributed by atoms with Crippen molar-refractivity contribution in [1.29, 1.82) is 0 Å². The summed E-state index contributed by atoms with van der Waals surface area (Å²) in [5.74, 6) is -0.780. The summed E-state index contributed by atoms with van der Waals surface area (Å²) in [5, 5.41) is 8.87. The van der Waals surface area contributed by atoms with Crippen LogP contribution in [-0.4, -0.2) is 16.1 Å². The molecule has 0 spiro atoms. The maximum absolute atomic E-state index is 10.8. The van der Waals surface area contributed by atoms with Crippen LogP contribution in [0.15, 0.2) is 66.7 Å². The summed E-state index contributed by atoms with van der Waals surface area (Å²) in [5.41, 5.74) is 5.31. The van der Waals surface area contributed by atoms with E-state index >= 15 is 0 Å². The number of carbonyl (C=O) groups is 1. The first-order valence-electron chi connectivity index (χ1n) is 7.28. The average Bonchev–Trinajstić information content (AvgIpc) is 2.99. The third kappa shape index (κ3) is 3.09. The van der Waals surface area contributed by atoms with Gasteiger partial charge in [0.05, 0.1) is 12.1 Å².